The second-order valence-corrected chi connectivity index (χ2v) is 7.38. The Labute approximate surface area is 172 Å². The van der Waals surface area contributed by atoms with Crippen LogP contribution < -0.4 is 19.9 Å². The summed E-state index contributed by atoms with van der Waals surface area (Å²) in [5.41, 5.74) is 4.64. The minimum Gasteiger partial charge on any atom is -0.495 e. The quantitative estimate of drug-likeness (QED) is 0.707. The van der Waals surface area contributed by atoms with Crippen LogP contribution in [-0.4, -0.2) is 43.3 Å². The highest BCUT2D eigenvalue weighted by molar-refractivity contribution is 5.65. The number of benzene rings is 2. The first-order valence-electron chi connectivity index (χ1n) is 9.93. The van der Waals surface area contributed by atoms with E-state index in [4.69, 9.17) is 9.72 Å². The summed E-state index contributed by atoms with van der Waals surface area (Å²) in [6, 6.07) is 16.6. The number of aromatic nitrogens is 2. The highest BCUT2D eigenvalue weighted by Gasteiger charge is 2.19. The molecule has 2 heterocycles. The molecule has 3 aromatic rings. The van der Waals surface area contributed by atoms with Crippen LogP contribution in [0.15, 0.2) is 54.7 Å². The van der Waals surface area contributed by atoms with Gasteiger partial charge in [0.2, 0.25) is 5.95 Å². The Morgan fingerprint density at radius 2 is 1.66 bits per heavy atom. The fourth-order valence-corrected chi connectivity index (χ4v) is 3.62. The van der Waals surface area contributed by atoms with Gasteiger partial charge in [-0.2, -0.15) is 4.98 Å². The van der Waals surface area contributed by atoms with Crippen molar-refractivity contribution in [3.63, 3.8) is 0 Å². The number of anilines is 4. The van der Waals surface area contributed by atoms with Crippen molar-refractivity contribution in [2.45, 2.75) is 13.8 Å². The molecule has 0 spiro atoms. The predicted molar refractivity (Wildman–Crippen MR) is 119 cm³/mol. The summed E-state index contributed by atoms with van der Waals surface area (Å²) in [4.78, 5) is 13.9. The summed E-state index contributed by atoms with van der Waals surface area (Å²) in [5, 5.41) is 3.37. The molecule has 4 rings (SSSR count). The van der Waals surface area contributed by atoms with Crippen LogP contribution in [0.2, 0.25) is 0 Å². The third-order valence-corrected chi connectivity index (χ3v) is 5.19. The molecule has 0 bridgehead atoms. The summed E-state index contributed by atoms with van der Waals surface area (Å²) in [7, 11) is 1.68. The number of methoxy groups -OCH3 is 1. The van der Waals surface area contributed by atoms with Crippen LogP contribution in [0.25, 0.3) is 0 Å². The Morgan fingerprint density at radius 3 is 2.41 bits per heavy atom. The monoisotopic (exact) mass is 389 g/mol. The lowest BCUT2D eigenvalue weighted by Crippen LogP contribution is -2.47. The molecular weight excluding hydrogens is 362 g/mol. The summed E-state index contributed by atoms with van der Waals surface area (Å²) < 4.78 is 5.46. The SMILES string of the molecule is COc1ccc(C)cc1Nc1ccnc(N2CCN(c3cccc(C)c3)CC2)n1. The van der Waals surface area contributed by atoms with E-state index in [2.05, 4.69) is 64.3 Å². The summed E-state index contributed by atoms with van der Waals surface area (Å²) in [6.07, 6.45) is 1.81. The normalized spacial score (nSPS) is 14.0. The number of hydrogen-bond acceptors (Lipinski definition) is 6. The van der Waals surface area contributed by atoms with Crippen LogP contribution in [0.4, 0.5) is 23.1 Å². The fourth-order valence-electron chi connectivity index (χ4n) is 3.62. The number of nitrogens with zero attached hydrogens (tertiary/aromatic N) is 4. The zero-order chi connectivity index (χ0) is 20.2. The van der Waals surface area contributed by atoms with Gasteiger partial charge in [0.15, 0.2) is 0 Å². The van der Waals surface area contributed by atoms with Crippen molar-refractivity contribution in [2.24, 2.45) is 0 Å². The highest BCUT2D eigenvalue weighted by atomic mass is 16.5. The van der Waals surface area contributed by atoms with Crippen molar-refractivity contribution in [3.05, 3.63) is 65.9 Å². The van der Waals surface area contributed by atoms with E-state index in [1.807, 2.05) is 18.2 Å². The van der Waals surface area contributed by atoms with Gasteiger partial charge in [0.05, 0.1) is 12.8 Å². The minimum atomic E-state index is 0.755. The van der Waals surface area contributed by atoms with Crippen LogP contribution >= 0.6 is 0 Å². The molecule has 1 aliphatic rings. The van der Waals surface area contributed by atoms with Gasteiger partial charge < -0.3 is 19.9 Å². The number of piperazine rings is 1. The van der Waals surface area contributed by atoms with Gasteiger partial charge in [0.1, 0.15) is 11.6 Å². The molecular formula is C23H27N5O. The van der Waals surface area contributed by atoms with E-state index >= 15 is 0 Å². The molecule has 1 aliphatic heterocycles. The molecule has 6 heteroatoms. The van der Waals surface area contributed by atoms with Gasteiger partial charge in [0, 0.05) is 38.1 Å². The maximum absolute atomic E-state index is 5.46. The van der Waals surface area contributed by atoms with E-state index in [1.165, 1.54) is 11.3 Å². The zero-order valence-electron chi connectivity index (χ0n) is 17.2. The topological polar surface area (TPSA) is 53.5 Å². The van der Waals surface area contributed by atoms with Crippen molar-refractivity contribution < 1.29 is 4.74 Å². The summed E-state index contributed by atoms with van der Waals surface area (Å²) in [5.74, 6) is 2.31. The van der Waals surface area contributed by atoms with Crippen molar-refractivity contribution in [3.8, 4) is 5.75 Å². The van der Waals surface area contributed by atoms with Crippen molar-refractivity contribution in [1.82, 2.24) is 9.97 Å². The fraction of sp³-hybridized carbons (Fsp3) is 0.304. The Morgan fingerprint density at radius 1 is 0.897 bits per heavy atom. The van der Waals surface area contributed by atoms with Gasteiger partial charge in [-0.25, -0.2) is 4.98 Å². The first-order valence-corrected chi connectivity index (χ1v) is 9.93. The van der Waals surface area contributed by atoms with E-state index in [0.29, 0.717) is 0 Å². The zero-order valence-corrected chi connectivity index (χ0v) is 17.2. The Balaban J connectivity index is 1.45. The summed E-state index contributed by atoms with van der Waals surface area (Å²) >= 11 is 0. The molecule has 0 aliphatic carbocycles. The number of nitrogens with one attached hydrogen (secondary N) is 1. The van der Waals surface area contributed by atoms with Crippen LogP contribution in [0.1, 0.15) is 11.1 Å². The van der Waals surface area contributed by atoms with Crippen molar-refractivity contribution in [1.29, 1.82) is 0 Å². The van der Waals surface area contributed by atoms with Gasteiger partial charge in [-0.05, 0) is 55.3 Å². The van der Waals surface area contributed by atoms with E-state index in [1.54, 1.807) is 13.3 Å². The molecule has 1 saturated heterocycles. The second kappa shape index (κ2) is 8.39. The Hall–Kier alpha value is -3.28. The lowest BCUT2D eigenvalue weighted by molar-refractivity contribution is 0.416. The molecule has 1 aromatic heterocycles. The lowest BCUT2D eigenvalue weighted by Gasteiger charge is -2.36. The van der Waals surface area contributed by atoms with Crippen LogP contribution in [0, 0.1) is 13.8 Å². The maximum Gasteiger partial charge on any atom is 0.227 e. The van der Waals surface area contributed by atoms with Crippen LogP contribution in [0.3, 0.4) is 0 Å². The molecule has 1 N–H and O–H groups in total. The second-order valence-electron chi connectivity index (χ2n) is 7.38. The Bertz CT molecular complexity index is 983. The van der Waals surface area contributed by atoms with Gasteiger partial charge in [-0.3, -0.25) is 0 Å². The molecule has 6 nitrogen and oxygen atoms in total. The lowest BCUT2D eigenvalue weighted by atomic mass is 10.2. The van der Waals surface area contributed by atoms with E-state index in [9.17, 15) is 0 Å². The average molecular weight is 390 g/mol. The van der Waals surface area contributed by atoms with Gasteiger partial charge in [-0.15, -0.1) is 0 Å². The Kier molecular flexibility index (Phi) is 5.51. The predicted octanol–water partition coefficient (Wildman–Crippen LogP) is 4.17. The number of hydrogen-bond donors (Lipinski definition) is 1. The molecule has 0 radical (unpaired) electrons. The van der Waals surface area contributed by atoms with Crippen LogP contribution in [0.5, 0.6) is 5.75 Å². The van der Waals surface area contributed by atoms with Crippen LogP contribution in [-0.2, 0) is 0 Å². The summed E-state index contributed by atoms with van der Waals surface area (Å²) in [6.45, 7) is 7.89. The highest BCUT2D eigenvalue weighted by Crippen LogP contribution is 2.28. The molecule has 1 fully saturated rings. The maximum atomic E-state index is 5.46. The molecule has 2 aromatic carbocycles. The van der Waals surface area contributed by atoms with E-state index in [-0.39, 0.29) is 0 Å². The third kappa shape index (κ3) is 4.42. The smallest absolute Gasteiger partial charge is 0.227 e. The average Bonchev–Trinajstić information content (AvgIpc) is 2.74. The van der Waals surface area contributed by atoms with Gasteiger partial charge in [-0.1, -0.05) is 18.2 Å². The standard InChI is InChI=1S/C23H27N5O/c1-17-5-4-6-19(15-17)27-11-13-28(14-12-27)23-24-10-9-22(26-23)25-20-16-18(2)7-8-21(20)29-3/h4-10,15-16H,11-14H2,1-3H3,(H,24,25,26). The number of rotatable bonds is 5. The van der Waals surface area contributed by atoms with Gasteiger partial charge in [0.25, 0.3) is 0 Å². The van der Waals surface area contributed by atoms with Crippen molar-refractivity contribution >= 4 is 23.1 Å². The van der Waals surface area contributed by atoms with E-state index < -0.39 is 0 Å². The van der Waals surface area contributed by atoms with E-state index in [0.717, 1.165) is 54.9 Å². The molecule has 0 atom stereocenters. The van der Waals surface area contributed by atoms with Gasteiger partial charge >= 0.3 is 0 Å². The largest absolute Gasteiger partial charge is 0.495 e. The third-order valence-electron chi connectivity index (χ3n) is 5.19. The first kappa shape index (κ1) is 19.1. The van der Waals surface area contributed by atoms with Crippen molar-refractivity contribution in [2.75, 3.05) is 48.4 Å². The minimum absolute atomic E-state index is 0.755. The molecule has 150 valence electrons. The number of ether oxygens (including phenoxy) is 1. The molecule has 0 saturated carbocycles. The molecule has 0 amide bonds. The molecule has 29 heavy (non-hydrogen) atoms. The molecule has 0 unspecified atom stereocenters. The first-order chi connectivity index (χ1) is 14.1. The number of aryl methyl sites for hydroxylation is 2.